The molecule has 0 spiro atoms. The molecule has 4 nitrogen and oxygen atoms in total. The summed E-state index contributed by atoms with van der Waals surface area (Å²) < 4.78 is 2.13. The van der Waals surface area contributed by atoms with Crippen LogP contribution in [0.5, 0.6) is 0 Å². The van der Waals surface area contributed by atoms with Crippen molar-refractivity contribution >= 4 is 11.6 Å². The quantitative estimate of drug-likeness (QED) is 0.629. The van der Waals surface area contributed by atoms with Crippen LogP contribution in [0.2, 0.25) is 5.02 Å². The molecule has 1 atom stereocenters. The van der Waals surface area contributed by atoms with Gasteiger partial charge in [-0.25, -0.2) is 4.98 Å². The van der Waals surface area contributed by atoms with Gasteiger partial charge in [0, 0.05) is 36.4 Å². The van der Waals surface area contributed by atoms with Gasteiger partial charge in [-0.3, -0.25) is 11.3 Å². The Morgan fingerprint density at radius 3 is 2.68 bits per heavy atom. The van der Waals surface area contributed by atoms with Gasteiger partial charge >= 0.3 is 0 Å². The Hall–Kier alpha value is -1.36. The van der Waals surface area contributed by atoms with E-state index in [0.717, 1.165) is 30.2 Å². The van der Waals surface area contributed by atoms with Crippen LogP contribution in [0.25, 0.3) is 0 Å². The minimum absolute atomic E-state index is 0.161. The van der Waals surface area contributed by atoms with Gasteiger partial charge in [-0.05, 0) is 31.0 Å². The summed E-state index contributed by atoms with van der Waals surface area (Å²) in [5.74, 6) is 6.70. The van der Waals surface area contributed by atoms with Gasteiger partial charge in [0.15, 0.2) is 0 Å². The molecule has 0 aliphatic carbocycles. The summed E-state index contributed by atoms with van der Waals surface area (Å²) in [7, 11) is 0. The zero-order valence-electron chi connectivity index (χ0n) is 11.0. The zero-order chi connectivity index (χ0) is 13.7. The van der Waals surface area contributed by atoms with Crippen LogP contribution in [0.4, 0.5) is 0 Å². The number of hydrazine groups is 1. The van der Waals surface area contributed by atoms with Crippen LogP contribution in [0.1, 0.15) is 18.3 Å². The first-order chi connectivity index (χ1) is 9.22. The number of nitrogens with one attached hydrogen (secondary N) is 1. The van der Waals surface area contributed by atoms with Crippen molar-refractivity contribution < 1.29 is 0 Å². The number of imidazole rings is 1. The second kappa shape index (κ2) is 6.70. The van der Waals surface area contributed by atoms with Crippen molar-refractivity contribution in [1.29, 1.82) is 0 Å². The Labute approximate surface area is 118 Å². The van der Waals surface area contributed by atoms with Gasteiger partial charge < -0.3 is 4.57 Å². The number of nitrogens with zero attached hydrogens (tertiary/aromatic N) is 2. The lowest BCUT2D eigenvalue weighted by Gasteiger charge is -2.16. The molecular weight excluding hydrogens is 260 g/mol. The third kappa shape index (κ3) is 3.80. The van der Waals surface area contributed by atoms with Crippen LogP contribution in [-0.4, -0.2) is 15.6 Å². The van der Waals surface area contributed by atoms with E-state index < -0.39 is 0 Å². The zero-order valence-corrected chi connectivity index (χ0v) is 11.8. The van der Waals surface area contributed by atoms with E-state index in [2.05, 4.69) is 21.9 Å². The van der Waals surface area contributed by atoms with E-state index in [-0.39, 0.29) is 6.04 Å². The number of rotatable bonds is 6. The highest BCUT2D eigenvalue weighted by Gasteiger charge is 2.12. The van der Waals surface area contributed by atoms with Crippen molar-refractivity contribution in [3.05, 3.63) is 53.1 Å². The molecule has 0 saturated heterocycles. The molecular formula is C14H19ClN4. The van der Waals surface area contributed by atoms with Crippen LogP contribution >= 0.6 is 11.6 Å². The average Bonchev–Trinajstić information content (AvgIpc) is 2.87. The van der Waals surface area contributed by atoms with Gasteiger partial charge in [0.05, 0.1) is 0 Å². The summed E-state index contributed by atoms with van der Waals surface area (Å²) in [5, 5.41) is 0.752. The predicted octanol–water partition coefficient (Wildman–Crippen LogP) is 2.17. The molecule has 0 aliphatic heterocycles. The lowest BCUT2D eigenvalue weighted by molar-refractivity contribution is 0.499. The molecule has 2 aromatic rings. The fourth-order valence-corrected chi connectivity index (χ4v) is 2.26. The molecule has 1 aromatic heterocycles. The molecule has 0 bridgehead atoms. The van der Waals surface area contributed by atoms with Gasteiger partial charge in [0.25, 0.3) is 0 Å². The van der Waals surface area contributed by atoms with Gasteiger partial charge in [0.2, 0.25) is 0 Å². The van der Waals surface area contributed by atoms with Crippen LogP contribution in [0.3, 0.4) is 0 Å². The third-order valence-electron chi connectivity index (χ3n) is 3.20. The molecule has 0 aliphatic rings. The molecule has 3 N–H and O–H groups in total. The van der Waals surface area contributed by atoms with E-state index in [1.54, 1.807) is 0 Å². The SMILES string of the molecule is CCn1ccnc1CC(Cc1ccc(Cl)cc1)NN. The number of aromatic nitrogens is 2. The molecule has 5 heteroatoms. The van der Waals surface area contributed by atoms with Gasteiger partial charge in [-0.2, -0.15) is 0 Å². The Morgan fingerprint density at radius 2 is 2.05 bits per heavy atom. The summed E-state index contributed by atoms with van der Waals surface area (Å²) in [5.41, 5.74) is 4.08. The monoisotopic (exact) mass is 278 g/mol. The number of hydrogen-bond donors (Lipinski definition) is 2. The highest BCUT2D eigenvalue weighted by atomic mass is 35.5. The average molecular weight is 279 g/mol. The highest BCUT2D eigenvalue weighted by Crippen LogP contribution is 2.12. The number of nitrogens with two attached hydrogens (primary N) is 1. The van der Waals surface area contributed by atoms with E-state index in [9.17, 15) is 0 Å². The maximum atomic E-state index is 5.88. The van der Waals surface area contributed by atoms with Crippen molar-refractivity contribution in [3.63, 3.8) is 0 Å². The van der Waals surface area contributed by atoms with Crippen LogP contribution in [0, 0.1) is 0 Å². The van der Waals surface area contributed by atoms with E-state index in [1.165, 1.54) is 5.56 Å². The first-order valence-corrected chi connectivity index (χ1v) is 6.81. The Morgan fingerprint density at radius 1 is 1.32 bits per heavy atom. The van der Waals surface area contributed by atoms with Crippen LogP contribution in [-0.2, 0) is 19.4 Å². The lowest BCUT2D eigenvalue weighted by Crippen LogP contribution is -2.39. The smallest absolute Gasteiger partial charge is 0.110 e. The third-order valence-corrected chi connectivity index (χ3v) is 3.45. The molecule has 0 fully saturated rings. The van der Waals surface area contributed by atoms with Crippen LogP contribution in [0.15, 0.2) is 36.7 Å². The standard InChI is InChI=1S/C14H19ClN4/c1-2-19-8-7-17-14(19)10-13(18-16)9-11-3-5-12(15)6-4-11/h3-8,13,18H,2,9-10,16H2,1H3. The van der Waals surface area contributed by atoms with Gasteiger partial charge in [-0.1, -0.05) is 23.7 Å². The Bertz CT molecular complexity index is 506. The van der Waals surface area contributed by atoms with E-state index >= 15 is 0 Å². The number of benzene rings is 1. The van der Waals surface area contributed by atoms with E-state index in [1.807, 2.05) is 36.7 Å². The number of hydrogen-bond acceptors (Lipinski definition) is 3. The summed E-state index contributed by atoms with van der Waals surface area (Å²) in [4.78, 5) is 4.38. The minimum Gasteiger partial charge on any atom is -0.335 e. The van der Waals surface area contributed by atoms with Crippen LogP contribution < -0.4 is 11.3 Å². The second-order valence-corrected chi connectivity index (χ2v) is 4.96. The van der Waals surface area contributed by atoms with Crippen molar-refractivity contribution in [1.82, 2.24) is 15.0 Å². The van der Waals surface area contributed by atoms with E-state index in [0.29, 0.717) is 0 Å². The van der Waals surface area contributed by atoms with Crippen molar-refractivity contribution in [3.8, 4) is 0 Å². The van der Waals surface area contributed by atoms with Crippen molar-refractivity contribution in [2.75, 3.05) is 0 Å². The maximum Gasteiger partial charge on any atom is 0.110 e. The molecule has 19 heavy (non-hydrogen) atoms. The number of halogens is 1. The normalized spacial score (nSPS) is 12.6. The Kier molecular flexibility index (Phi) is 4.96. The topological polar surface area (TPSA) is 55.9 Å². The summed E-state index contributed by atoms with van der Waals surface area (Å²) >= 11 is 5.88. The molecule has 0 radical (unpaired) electrons. The molecule has 1 aromatic carbocycles. The number of aryl methyl sites for hydroxylation is 1. The maximum absolute atomic E-state index is 5.88. The van der Waals surface area contributed by atoms with Crippen molar-refractivity contribution in [2.45, 2.75) is 32.4 Å². The summed E-state index contributed by atoms with van der Waals surface area (Å²) in [6.07, 6.45) is 5.48. The summed E-state index contributed by atoms with van der Waals surface area (Å²) in [6.45, 7) is 3.03. The predicted molar refractivity (Wildman–Crippen MR) is 77.9 cm³/mol. The largest absolute Gasteiger partial charge is 0.335 e. The van der Waals surface area contributed by atoms with E-state index in [4.69, 9.17) is 17.4 Å². The van der Waals surface area contributed by atoms with Crippen molar-refractivity contribution in [2.24, 2.45) is 5.84 Å². The fourth-order valence-electron chi connectivity index (χ4n) is 2.13. The molecule has 1 unspecified atom stereocenters. The second-order valence-electron chi connectivity index (χ2n) is 4.53. The first-order valence-electron chi connectivity index (χ1n) is 6.43. The fraction of sp³-hybridized carbons (Fsp3) is 0.357. The highest BCUT2D eigenvalue weighted by molar-refractivity contribution is 6.30. The lowest BCUT2D eigenvalue weighted by atomic mass is 10.0. The molecule has 1 heterocycles. The van der Waals surface area contributed by atoms with Gasteiger partial charge in [-0.15, -0.1) is 0 Å². The Balaban J connectivity index is 2.02. The summed E-state index contributed by atoms with van der Waals surface area (Å²) in [6, 6.07) is 8.02. The molecule has 0 saturated carbocycles. The molecule has 2 rings (SSSR count). The molecule has 0 amide bonds. The molecule has 102 valence electrons. The van der Waals surface area contributed by atoms with Gasteiger partial charge in [0.1, 0.15) is 5.82 Å². The minimum atomic E-state index is 0.161. The first kappa shape index (κ1) is 14.1.